The van der Waals surface area contributed by atoms with E-state index >= 15 is 0 Å². The number of anilines is 1. The molecule has 5 nitrogen and oxygen atoms in total. The maximum absolute atomic E-state index is 12.8. The molecule has 0 amide bonds. The first-order chi connectivity index (χ1) is 14.0. The number of rotatable bonds is 6. The molecule has 0 aliphatic carbocycles. The highest BCUT2D eigenvalue weighted by Gasteiger charge is 2.22. The predicted octanol–water partition coefficient (Wildman–Crippen LogP) is 5.39. The van der Waals surface area contributed by atoms with Crippen molar-refractivity contribution < 1.29 is 12.8 Å². The van der Waals surface area contributed by atoms with Crippen molar-refractivity contribution in [2.45, 2.75) is 11.3 Å². The third-order valence-corrected chi connectivity index (χ3v) is 5.87. The quantitative estimate of drug-likeness (QED) is 0.450. The summed E-state index contributed by atoms with van der Waals surface area (Å²) in [6.07, 6.45) is 0.439. The normalized spacial score (nSPS) is 11.3. The van der Waals surface area contributed by atoms with Crippen molar-refractivity contribution in [2.75, 3.05) is 4.72 Å². The maximum Gasteiger partial charge on any atom is 0.264 e. The summed E-state index contributed by atoms with van der Waals surface area (Å²) in [4.78, 5) is 4.69. The summed E-state index contributed by atoms with van der Waals surface area (Å²) < 4.78 is 33.9. The number of sulfonamides is 1. The lowest BCUT2D eigenvalue weighted by atomic mass is 10.1. The van der Waals surface area contributed by atoms with E-state index in [0.717, 1.165) is 5.56 Å². The molecular weight excluding hydrogens is 408 g/mol. The molecule has 0 bridgehead atoms. The lowest BCUT2D eigenvalue weighted by Gasteiger charge is -2.07. The van der Waals surface area contributed by atoms with E-state index in [1.165, 1.54) is 12.1 Å². The van der Waals surface area contributed by atoms with Crippen molar-refractivity contribution >= 4 is 27.5 Å². The molecule has 0 fully saturated rings. The van der Waals surface area contributed by atoms with Gasteiger partial charge in [-0.1, -0.05) is 72.3 Å². The molecule has 0 saturated heterocycles. The molecule has 1 aromatic heterocycles. The van der Waals surface area contributed by atoms with Gasteiger partial charge in [-0.15, -0.1) is 0 Å². The number of halogens is 1. The molecule has 0 aliphatic heterocycles. The summed E-state index contributed by atoms with van der Waals surface area (Å²) in [5.74, 6) is 0.481. The van der Waals surface area contributed by atoms with Crippen LogP contribution in [0.5, 0.6) is 0 Å². The van der Waals surface area contributed by atoms with Crippen LogP contribution in [0.25, 0.3) is 11.3 Å². The van der Waals surface area contributed by atoms with E-state index in [1.54, 1.807) is 42.5 Å². The highest BCUT2D eigenvalue weighted by atomic mass is 35.5. The molecule has 7 heteroatoms. The molecule has 1 heterocycles. The second kappa shape index (κ2) is 8.11. The Kier molecular flexibility index (Phi) is 5.38. The molecule has 0 radical (unpaired) electrons. The molecule has 146 valence electrons. The highest BCUT2D eigenvalue weighted by Crippen LogP contribution is 2.32. The largest absolute Gasteiger partial charge is 0.423 e. The fourth-order valence-electron chi connectivity index (χ4n) is 2.86. The van der Waals surface area contributed by atoms with Crippen LogP contribution in [-0.4, -0.2) is 13.4 Å². The number of nitrogens with zero attached hydrogens (tertiary/aromatic N) is 1. The van der Waals surface area contributed by atoms with Crippen molar-refractivity contribution in [3.05, 3.63) is 101 Å². The summed E-state index contributed by atoms with van der Waals surface area (Å²) in [7, 11) is -3.82. The lowest BCUT2D eigenvalue weighted by molar-refractivity contribution is 0.521. The zero-order chi connectivity index (χ0) is 20.3. The minimum atomic E-state index is -3.82. The Bertz CT molecular complexity index is 1210. The Labute approximate surface area is 174 Å². The van der Waals surface area contributed by atoms with Gasteiger partial charge in [0.25, 0.3) is 10.0 Å². The fourth-order valence-corrected chi connectivity index (χ4v) is 4.01. The molecule has 0 spiro atoms. The summed E-state index contributed by atoms with van der Waals surface area (Å²) >= 11 is 5.98. The molecule has 29 heavy (non-hydrogen) atoms. The molecular formula is C22H17ClN2O3S. The van der Waals surface area contributed by atoms with Crippen molar-refractivity contribution in [2.24, 2.45) is 0 Å². The topological polar surface area (TPSA) is 72.2 Å². The van der Waals surface area contributed by atoms with Gasteiger partial charge in [-0.3, -0.25) is 0 Å². The van der Waals surface area contributed by atoms with E-state index in [1.807, 2.05) is 30.3 Å². The number of hydrogen-bond donors (Lipinski definition) is 1. The standard InChI is InChI=1S/C22H17ClN2O3S/c23-18-13-11-17(12-14-18)21-22(25-29(26,27)19-9-5-2-6-10-19)28-20(24-21)15-16-7-3-1-4-8-16/h1-14,25H,15H2. The third-order valence-electron chi connectivity index (χ3n) is 4.27. The van der Waals surface area contributed by atoms with Crippen LogP contribution in [0.1, 0.15) is 11.5 Å². The van der Waals surface area contributed by atoms with Crippen LogP contribution < -0.4 is 4.72 Å². The first-order valence-corrected chi connectivity index (χ1v) is 10.7. The van der Waals surface area contributed by atoms with Gasteiger partial charge >= 0.3 is 0 Å². The monoisotopic (exact) mass is 424 g/mol. The summed E-state index contributed by atoms with van der Waals surface area (Å²) in [6.45, 7) is 0. The van der Waals surface area contributed by atoms with Crippen molar-refractivity contribution in [3.63, 3.8) is 0 Å². The fraction of sp³-hybridized carbons (Fsp3) is 0.0455. The zero-order valence-corrected chi connectivity index (χ0v) is 16.8. The van der Waals surface area contributed by atoms with E-state index in [-0.39, 0.29) is 10.8 Å². The summed E-state index contributed by atoms with van der Waals surface area (Å²) in [5.41, 5.74) is 2.11. The SMILES string of the molecule is O=S(=O)(Nc1oc(Cc2ccccc2)nc1-c1ccc(Cl)cc1)c1ccccc1. The van der Waals surface area contributed by atoms with Crippen LogP contribution in [-0.2, 0) is 16.4 Å². The molecule has 1 N–H and O–H groups in total. The van der Waals surface area contributed by atoms with Crippen LogP contribution in [0.3, 0.4) is 0 Å². The molecule has 0 aliphatic rings. The molecule has 0 saturated carbocycles. The zero-order valence-electron chi connectivity index (χ0n) is 15.2. The van der Waals surface area contributed by atoms with Crippen molar-refractivity contribution in [1.82, 2.24) is 4.98 Å². The number of aromatic nitrogens is 1. The first kappa shape index (κ1) is 19.2. The van der Waals surface area contributed by atoms with Gasteiger partial charge in [-0.05, 0) is 29.8 Å². The average molecular weight is 425 g/mol. The average Bonchev–Trinajstić information content (AvgIpc) is 3.11. The van der Waals surface area contributed by atoms with Gasteiger partial charge in [0.2, 0.25) is 11.8 Å². The van der Waals surface area contributed by atoms with E-state index in [4.69, 9.17) is 16.0 Å². The van der Waals surface area contributed by atoms with E-state index in [9.17, 15) is 8.42 Å². The van der Waals surface area contributed by atoms with Crippen LogP contribution in [0.4, 0.5) is 5.88 Å². The van der Waals surface area contributed by atoms with E-state index in [2.05, 4.69) is 9.71 Å². The van der Waals surface area contributed by atoms with Crippen LogP contribution >= 0.6 is 11.6 Å². The van der Waals surface area contributed by atoms with Gasteiger partial charge in [0.15, 0.2) is 0 Å². The minimum Gasteiger partial charge on any atom is -0.423 e. The first-order valence-electron chi connectivity index (χ1n) is 8.89. The molecule has 0 unspecified atom stereocenters. The van der Waals surface area contributed by atoms with Crippen LogP contribution in [0, 0.1) is 0 Å². The predicted molar refractivity (Wildman–Crippen MR) is 113 cm³/mol. The second-order valence-electron chi connectivity index (χ2n) is 6.37. The highest BCUT2D eigenvalue weighted by molar-refractivity contribution is 7.92. The van der Waals surface area contributed by atoms with Crippen LogP contribution in [0.15, 0.2) is 94.2 Å². The minimum absolute atomic E-state index is 0.0714. The summed E-state index contributed by atoms with van der Waals surface area (Å²) in [6, 6.07) is 24.8. The Morgan fingerprint density at radius 3 is 2.14 bits per heavy atom. The molecule has 0 atom stereocenters. The van der Waals surface area contributed by atoms with Gasteiger partial charge in [0, 0.05) is 17.0 Å². The Hall–Kier alpha value is -3.09. The van der Waals surface area contributed by atoms with E-state index in [0.29, 0.717) is 28.6 Å². The maximum atomic E-state index is 12.8. The van der Waals surface area contributed by atoms with Crippen molar-refractivity contribution in [1.29, 1.82) is 0 Å². The summed E-state index contributed by atoms with van der Waals surface area (Å²) in [5, 5.41) is 0.577. The number of hydrogen-bond acceptors (Lipinski definition) is 4. The van der Waals surface area contributed by atoms with Gasteiger partial charge in [-0.25, -0.2) is 18.1 Å². The smallest absolute Gasteiger partial charge is 0.264 e. The number of nitrogens with one attached hydrogen (secondary N) is 1. The molecule has 3 aromatic carbocycles. The Morgan fingerprint density at radius 2 is 1.48 bits per heavy atom. The van der Waals surface area contributed by atoms with Gasteiger partial charge in [0.1, 0.15) is 5.69 Å². The van der Waals surface area contributed by atoms with E-state index < -0.39 is 10.0 Å². The van der Waals surface area contributed by atoms with Gasteiger partial charge < -0.3 is 4.42 Å². The Balaban J connectivity index is 1.73. The number of oxazole rings is 1. The Morgan fingerprint density at radius 1 is 0.862 bits per heavy atom. The van der Waals surface area contributed by atoms with Crippen LogP contribution in [0.2, 0.25) is 5.02 Å². The molecule has 4 rings (SSSR count). The van der Waals surface area contributed by atoms with Gasteiger partial charge in [0.05, 0.1) is 4.90 Å². The van der Waals surface area contributed by atoms with Gasteiger partial charge in [-0.2, -0.15) is 0 Å². The molecule has 4 aromatic rings. The lowest BCUT2D eigenvalue weighted by Crippen LogP contribution is -2.12. The third kappa shape index (κ3) is 4.50. The van der Waals surface area contributed by atoms with Crippen molar-refractivity contribution in [3.8, 4) is 11.3 Å². The number of benzene rings is 3. The second-order valence-corrected chi connectivity index (χ2v) is 8.49.